The lowest BCUT2D eigenvalue weighted by molar-refractivity contribution is 0.133. The molecule has 0 aliphatic heterocycles. The van der Waals surface area contributed by atoms with E-state index in [1.54, 1.807) is 0 Å². The first-order chi connectivity index (χ1) is 4.20. The summed E-state index contributed by atoms with van der Waals surface area (Å²) in [6.45, 7) is 8.88. The van der Waals surface area contributed by atoms with Crippen molar-refractivity contribution in [3.05, 3.63) is 0 Å². The molecule has 0 saturated heterocycles. The van der Waals surface area contributed by atoms with Gasteiger partial charge in [-0.2, -0.15) is 0 Å². The molecule has 1 N–H and O–H groups in total. The number of rotatable bonds is 4. The highest BCUT2D eigenvalue weighted by atomic mass is 16.3. The Morgan fingerprint density at radius 3 is 1.89 bits per heavy atom. The van der Waals surface area contributed by atoms with Crippen LogP contribution in [-0.2, 0) is 0 Å². The lowest BCUT2D eigenvalue weighted by atomic mass is 10.3. The van der Waals surface area contributed by atoms with Crippen molar-refractivity contribution >= 4 is 0 Å². The Hall–Kier alpha value is -0.0800. The van der Waals surface area contributed by atoms with Crippen LogP contribution in [0.1, 0.15) is 20.8 Å². The van der Waals surface area contributed by atoms with Crippen LogP contribution in [0.2, 0.25) is 0 Å². The van der Waals surface area contributed by atoms with E-state index in [1.807, 2.05) is 6.92 Å². The molecule has 0 aliphatic rings. The Morgan fingerprint density at radius 2 is 1.78 bits per heavy atom. The highest BCUT2D eigenvalue weighted by Crippen LogP contribution is 1.89. The van der Waals surface area contributed by atoms with Crippen molar-refractivity contribution < 1.29 is 5.11 Å². The van der Waals surface area contributed by atoms with Crippen molar-refractivity contribution in [2.75, 3.05) is 19.6 Å². The molecule has 0 fully saturated rings. The summed E-state index contributed by atoms with van der Waals surface area (Å²) in [6, 6.07) is 0. The lowest BCUT2D eigenvalue weighted by Crippen LogP contribution is -2.30. The summed E-state index contributed by atoms with van der Waals surface area (Å²) in [4.78, 5) is 2.20. The van der Waals surface area contributed by atoms with E-state index < -0.39 is 0 Å². The summed E-state index contributed by atoms with van der Waals surface area (Å²) in [7, 11) is 0. The molecule has 0 amide bonds. The molecule has 0 saturated carbocycles. The van der Waals surface area contributed by atoms with Crippen molar-refractivity contribution in [3.8, 4) is 0 Å². The van der Waals surface area contributed by atoms with E-state index >= 15 is 0 Å². The third-order valence-corrected chi connectivity index (χ3v) is 1.42. The zero-order valence-corrected chi connectivity index (χ0v) is 6.59. The van der Waals surface area contributed by atoms with Crippen molar-refractivity contribution in [1.82, 2.24) is 4.90 Å². The van der Waals surface area contributed by atoms with Crippen molar-refractivity contribution in [2.45, 2.75) is 26.9 Å². The minimum Gasteiger partial charge on any atom is -0.392 e. The summed E-state index contributed by atoms with van der Waals surface area (Å²) >= 11 is 0. The fourth-order valence-corrected chi connectivity index (χ4v) is 0.855. The van der Waals surface area contributed by atoms with Crippen LogP contribution in [0.15, 0.2) is 0 Å². The molecule has 0 aliphatic carbocycles. The van der Waals surface area contributed by atoms with Gasteiger partial charge in [-0.3, -0.25) is 0 Å². The maximum atomic E-state index is 8.94. The average Bonchev–Trinajstić information content (AvgIpc) is 1.82. The van der Waals surface area contributed by atoms with Gasteiger partial charge in [0.2, 0.25) is 0 Å². The predicted octanol–water partition coefficient (Wildman–Crippen LogP) is 0.709. The van der Waals surface area contributed by atoms with E-state index in [0.29, 0.717) is 0 Å². The topological polar surface area (TPSA) is 23.5 Å². The molecule has 0 aromatic rings. The van der Waals surface area contributed by atoms with Crippen LogP contribution in [0.5, 0.6) is 0 Å². The molecule has 0 rings (SSSR count). The SMILES string of the molecule is CCN(CC)C[C@H](C)O. The van der Waals surface area contributed by atoms with Gasteiger partial charge in [0.1, 0.15) is 0 Å². The zero-order valence-electron chi connectivity index (χ0n) is 6.59. The molecule has 2 nitrogen and oxygen atoms in total. The van der Waals surface area contributed by atoms with Gasteiger partial charge in [0.15, 0.2) is 0 Å². The number of nitrogens with zero attached hydrogens (tertiary/aromatic N) is 1. The molecule has 56 valence electrons. The molecule has 0 unspecified atom stereocenters. The van der Waals surface area contributed by atoms with E-state index in [4.69, 9.17) is 5.11 Å². The monoisotopic (exact) mass is 131 g/mol. The van der Waals surface area contributed by atoms with Gasteiger partial charge in [-0.05, 0) is 20.0 Å². The Balaban J connectivity index is 3.31. The first-order valence-electron chi connectivity index (χ1n) is 3.61. The summed E-state index contributed by atoms with van der Waals surface area (Å²) in [5, 5.41) is 8.94. The summed E-state index contributed by atoms with van der Waals surface area (Å²) in [6.07, 6.45) is -0.190. The van der Waals surface area contributed by atoms with E-state index in [-0.39, 0.29) is 6.10 Å². The molecule has 0 aromatic carbocycles. The standard InChI is InChI=1S/C7H17NO/c1-4-8(5-2)6-7(3)9/h7,9H,4-6H2,1-3H3/t7-/m0/s1. The molecular formula is C7H17NO. The van der Waals surface area contributed by atoms with Crippen LogP contribution in [0, 0.1) is 0 Å². The quantitative estimate of drug-likeness (QED) is 0.607. The normalized spacial score (nSPS) is 14.3. The number of hydrogen-bond acceptors (Lipinski definition) is 2. The summed E-state index contributed by atoms with van der Waals surface area (Å²) in [5.41, 5.74) is 0. The van der Waals surface area contributed by atoms with Crippen LogP contribution >= 0.6 is 0 Å². The van der Waals surface area contributed by atoms with Gasteiger partial charge in [-0.25, -0.2) is 0 Å². The van der Waals surface area contributed by atoms with Gasteiger partial charge in [0.25, 0.3) is 0 Å². The average molecular weight is 131 g/mol. The Bertz CT molecular complexity index is 59.9. The van der Waals surface area contributed by atoms with Gasteiger partial charge >= 0.3 is 0 Å². The summed E-state index contributed by atoms with van der Waals surface area (Å²) < 4.78 is 0. The van der Waals surface area contributed by atoms with Gasteiger partial charge in [0, 0.05) is 6.54 Å². The second kappa shape index (κ2) is 4.77. The second-order valence-corrected chi connectivity index (χ2v) is 2.33. The van der Waals surface area contributed by atoms with Crippen LogP contribution in [0.25, 0.3) is 0 Å². The Kier molecular flexibility index (Phi) is 4.72. The molecule has 0 bridgehead atoms. The van der Waals surface area contributed by atoms with E-state index in [9.17, 15) is 0 Å². The van der Waals surface area contributed by atoms with E-state index in [2.05, 4.69) is 18.7 Å². The molecule has 0 heterocycles. The highest BCUT2D eigenvalue weighted by molar-refractivity contribution is 4.55. The minimum absolute atomic E-state index is 0.190. The van der Waals surface area contributed by atoms with Crippen molar-refractivity contribution in [3.63, 3.8) is 0 Å². The number of aliphatic hydroxyl groups excluding tert-OH is 1. The van der Waals surface area contributed by atoms with Gasteiger partial charge < -0.3 is 10.0 Å². The van der Waals surface area contributed by atoms with Crippen molar-refractivity contribution in [2.24, 2.45) is 0 Å². The maximum absolute atomic E-state index is 8.94. The van der Waals surface area contributed by atoms with E-state index in [0.717, 1.165) is 19.6 Å². The molecule has 0 aromatic heterocycles. The Morgan fingerprint density at radius 1 is 1.33 bits per heavy atom. The zero-order chi connectivity index (χ0) is 7.28. The van der Waals surface area contributed by atoms with Crippen molar-refractivity contribution in [1.29, 1.82) is 0 Å². The molecule has 2 heteroatoms. The first-order valence-corrected chi connectivity index (χ1v) is 3.61. The fourth-order valence-electron chi connectivity index (χ4n) is 0.855. The van der Waals surface area contributed by atoms with E-state index in [1.165, 1.54) is 0 Å². The van der Waals surface area contributed by atoms with Gasteiger partial charge in [0.05, 0.1) is 6.10 Å². The predicted molar refractivity (Wildman–Crippen MR) is 39.5 cm³/mol. The molecule has 0 spiro atoms. The van der Waals surface area contributed by atoms with Gasteiger partial charge in [-0.15, -0.1) is 0 Å². The second-order valence-electron chi connectivity index (χ2n) is 2.33. The summed E-state index contributed by atoms with van der Waals surface area (Å²) in [5.74, 6) is 0. The fraction of sp³-hybridized carbons (Fsp3) is 1.00. The number of hydrogen-bond donors (Lipinski definition) is 1. The maximum Gasteiger partial charge on any atom is 0.0639 e. The smallest absolute Gasteiger partial charge is 0.0639 e. The largest absolute Gasteiger partial charge is 0.392 e. The lowest BCUT2D eigenvalue weighted by Gasteiger charge is -2.18. The molecule has 1 atom stereocenters. The van der Waals surface area contributed by atoms with Gasteiger partial charge in [-0.1, -0.05) is 13.8 Å². The molecule has 0 radical (unpaired) electrons. The van der Waals surface area contributed by atoms with Crippen LogP contribution < -0.4 is 0 Å². The first kappa shape index (κ1) is 8.92. The molecule has 9 heavy (non-hydrogen) atoms. The van der Waals surface area contributed by atoms with Crippen LogP contribution in [-0.4, -0.2) is 35.7 Å². The number of likely N-dealkylation sites (N-methyl/N-ethyl adjacent to an activating group) is 1. The number of aliphatic hydroxyl groups is 1. The third kappa shape index (κ3) is 4.43. The van der Waals surface area contributed by atoms with Crippen LogP contribution in [0.4, 0.5) is 0 Å². The highest BCUT2D eigenvalue weighted by Gasteiger charge is 2.01. The Labute approximate surface area is 57.5 Å². The third-order valence-electron chi connectivity index (χ3n) is 1.42. The van der Waals surface area contributed by atoms with Crippen LogP contribution in [0.3, 0.4) is 0 Å². The minimum atomic E-state index is -0.190. The molecular weight excluding hydrogens is 114 g/mol.